The van der Waals surface area contributed by atoms with Crippen molar-refractivity contribution in [2.45, 2.75) is 30.7 Å². The summed E-state index contributed by atoms with van der Waals surface area (Å²) >= 11 is 0. The van der Waals surface area contributed by atoms with Crippen LogP contribution >= 0.6 is 0 Å². The minimum Gasteiger partial charge on any atom is -0.324 e. The zero-order valence-electron chi connectivity index (χ0n) is 12.9. The molecule has 0 aromatic heterocycles. The Morgan fingerprint density at radius 2 is 2.04 bits per heavy atom. The standard InChI is InChI=1S/C13H18FN3O5S2/c1-9(18)16-13-7-11(4-5-12(13)14)24(21,22)17-6-2-3-10(17)8-23(15,19)20/h4-5,7,10H,2-3,6,8H2,1H3,(H,16,18)(H2,15,19,20)/t10-/m0/s1. The van der Waals surface area contributed by atoms with Gasteiger partial charge in [-0.15, -0.1) is 0 Å². The molecular formula is C13H18FN3O5S2. The molecule has 8 nitrogen and oxygen atoms in total. The highest BCUT2D eigenvalue weighted by Crippen LogP contribution is 2.28. The largest absolute Gasteiger partial charge is 0.324 e. The predicted molar refractivity (Wildman–Crippen MR) is 85.6 cm³/mol. The molecule has 1 fully saturated rings. The van der Waals surface area contributed by atoms with E-state index in [0.717, 1.165) is 22.5 Å². The fourth-order valence-corrected chi connectivity index (χ4v) is 5.34. The van der Waals surface area contributed by atoms with E-state index in [-0.39, 0.29) is 17.1 Å². The van der Waals surface area contributed by atoms with E-state index in [1.807, 2.05) is 0 Å². The van der Waals surface area contributed by atoms with Gasteiger partial charge in [-0.25, -0.2) is 26.4 Å². The number of anilines is 1. The van der Waals surface area contributed by atoms with Gasteiger partial charge in [-0.3, -0.25) is 4.79 Å². The predicted octanol–water partition coefficient (Wildman–Crippen LogP) is 0.226. The lowest BCUT2D eigenvalue weighted by Crippen LogP contribution is -2.41. The molecule has 134 valence electrons. The van der Waals surface area contributed by atoms with Crippen molar-refractivity contribution in [3.8, 4) is 0 Å². The summed E-state index contributed by atoms with van der Waals surface area (Å²) in [7, 11) is -7.88. The van der Waals surface area contributed by atoms with Crippen molar-refractivity contribution in [1.29, 1.82) is 0 Å². The second-order valence-corrected chi connectivity index (χ2v) is 9.11. The van der Waals surface area contributed by atoms with E-state index in [9.17, 15) is 26.0 Å². The minimum absolute atomic E-state index is 0.148. The fourth-order valence-electron chi connectivity index (χ4n) is 2.65. The number of carbonyl (C=O) groups is 1. The third-order valence-electron chi connectivity index (χ3n) is 3.60. The molecule has 1 aromatic rings. The lowest BCUT2D eigenvalue weighted by Gasteiger charge is -2.23. The summed E-state index contributed by atoms with van der Waals surface area (Å²) < 4.78 is 62.8. The van der Waals surface area contributed by atoms with E-state index >= 15 is 0 Å². The summed E-state index contributed by atoms with van der Waals surface area (Å²) in [6.45, 7) is 1.32. The van der Waals surface area contributed by atoms with Crippen LogP contribution in [0.2, 0.25) is 0 Å². The fraction of sp³-hybridized carbons (Fsp3) is 0.462. The maximum absolute atomic E-state index is 13.7. The number of primary sulfonamides is 1. The lowest BCUT2D eigenvalue weighted by molar-refractivity contribution is -0.114. The van der Waals surface area contributed by atoms with Gasteiger partial charge in [0.2, 0.25) is 26.0 Å². The van der Waals surface area contributed by atoms with Gasteiger partial charge in [0.15, 0.2) is 0 Å². The van der Waals surface area contributed by atoms with Gasteiger partial charge in [-0.1, -0.05) is 0 Å². The molecule has 3 N–H and O–H groups in total. The second kappa shape index (κ2) is 6.75. The summed E-state index contributed by atoms with van der Waals surface area (Å²) in [5, 5.41) is 7.22. The smallest absolute Gasteiger partial charge is 0.243 e. The van der Waals surface area contributed by atoms with Crippen molar-refractivity contribution in [2.75, 3.05) is 17.6 Å². The Morgan fingerprint density at radius 1 is 1.38 bits per heavy atom. The van der Waals surface area contributed by atoms with Gasteiger partial charge in [0.25, 0.3) is 0 Å². The molecule has 11 heteroatoms. The zero-order chi connectivity index (χ0) is 18.1. The number of nitrogens with zero attached hydrogens (tertiary/aromatic N) is 1. The average Bonchev–Trinajstić information content (AvgIpc) is 2.87. The van der Waals surface area contributed by atoms with Crippen LogP contribution in [0, 0.1) is 5.82 Å². The summed E-state index contributed by atoms with van der Waals surface area (Å²) in [6, 6.07) is 2.25. The van der Waals surface area contributed by atoms with E-state index in [2.05, 4.69) is 5.32 Å². The second-order valence-electron chi connectivity index (χ2n) is 5.56. The summed E-state index contributed by atoms with van der Waals surface area (Å²) in [6.07, 6.45) is 0.870. The monoisotopic (exact) mass is 379 g/mol. The van der Waals surface area contributed by atoms with Crippen molar-refractivity contribution < 1.29 is 26.0 Å². The molecule has 0 spiro atoms. The van der Waals surface area contributed by atoms with E-state index < -0.39 is 43.6 Å². The molecule has 24 heavy (non-hydrogen) atoms. The Bertz CT molecular complexity index is 854. The van der Waals surface area contributed by atoms with Crippen molar-refractivity contribution >= 4 is 31.6 Å². The van der Waals surface area contributed by atoms with Gasteiger partial charge < -0.3 is 5.32 Å². The molecule has 1 heterocycles. The first-order valence-electron chi connectivity index (χ1n) is 7.10. The van der Waals surface area contributed by atoms with E-state index in [1.54, 1.807) is 0 Å². The maximum atomic E-state index is 13.7. The highest BCUT2D eigenvalue weighted by atomic mass is 32.2. The van der Waals surface area contributed by atoms with Crippen molar-refractivity contribution in [3.05, 3.63) is 24.0 Å². The maximum Gasteiger partial charge on any atom is 0.243 e. The van der Waals surface area contributed by atoms with Crippen LogP contribution in [0.5, 0.6) is 0 Å². The van der Waals surface area contributed by atoms with Crippen LogP contribution in [0.25, 0.3) is 0 Å². The Labute approximate surface area is 139 Å². The third-order valence-corrected chi connectivity index (χ3v) is 6.40. The zero-order valence-corrected chi connectivity index (χ0v) is 14.5. The molecule has 1 amide bonds. The molecule has 0 saturated carbocycles. The Morgan fingerprint density at radius 3 is 2.62 bits per heavy atom. The molecule has 0 unspecified atom stereocenters. The van der Waals surface area contributed by atoms with Gasteiger partial charge in [0.05, 0.1) is 16.3 Å². The van der Waals surface area contributed by atoms with Crippen molar-refractivity contribution in [3.63, 3.8) is 0 Å². The highest BCUT2D eigenvalue weighted by Gasteiger charge is 2.37. The first-order chi connectivity index (χ1) is 11.0. The molecule has 0 aliphatic carbocycles. The van der Waals surface area contributed by atoms with Crippen molar-refractivity contribution in [1.82, 2.24) is 4.31 Å². The van der Waals surface area contributed by atoms with Gasteiger partial charge in [-0.05, 0) is 31.0 Å². The molecule has 1 atom stereocenters. The van der Waals surface area contributed by atoms with Crippen LogP contribution < -0.4 is 10.5 Å². The molecular weight excluding hydrogens is 361 g/mol. The number of halogens is 1. The Hall–Kier alpha value is -1.56. The molecule has 0 radical (unpaired) electrons. The van der Waals surface area contributed by atoms with Crippen molar-refractivity contribution in [2.24, 2.45) is 5.14 Å². The van der Waals surface area contributed by atoms with Crippen LogP contribution in [0.1, 0.15) is 19.8 Å². The van der Waals surface area contributed by atoms with Crippen LogP contribution in [0.3, 0.4) is 0 Å². The molecule has 1 aliphatic rings. The Balaban J connectivity index is 2.37. The number of sulfonamides is 2. The SMILES string of the molecule is CC(=O)Nc1cc(S(=O)(=O)N2CCC[C@H]2CS(N)(=O)=O)ccc1F. The quantitative estimate of drug-likeness (QED) is 0.757. The molecule has 1 saturated heterocycles. The minimum atomic E-state index is -4.04. The third kappa shape index (κ3) is 4.29. The number of nitrogens with two attached hydrogens (primary N) is 1. The van der Waals surface area contributed by atoms with Gasteiger partial charge >= 0.3 is 0 Å². The van der Waals surface area contributed by atoms with Crippen LogP contribution in [0.15, 0.2) is 23.1 Å². The first kappa shape index (κ1) is 18.8. The van der Waals surface area contributed by atoms with Crippen LogP contribution in [0.4, 0.5) is 10.1 Å². The normalized spacial score (nSPS) is 19.4. The lowest BCUT2D eigenvalue weighted by atomic mass is 10.3. The molecule has 1 aliphatic heterocycles. The molecule has 0 bridgehead atoms. The number of hydrogen-bond donors (Lipinski definition) is 2. The van der Waals surface area contributed by atoms with Gasteiger partial charge in [0, 0.05) is 19.5 Å². The summed E-state index contributed by atoms with van der Waals surface area (Å²) in [4.78, 5) is 10.8. The number of amides is 1. The Kier molecular flexibility index (Phi) is 5.28. The van der Waals surface area contributed by atoms with Gasteiger partial charge in [-0.2, -0.15) is 4.31 Å². The summed E-state index contributed by atoms with van der Waals surface area (Å²) in [5.74, 6) is -1.80. The van der Waals surface area contributed by atoms with E-state index in [4.69, 9.17) is 5.14 Å². The number of nitrogens with one attached hydrogen (secondary N) is 1. The van der Waals surface area contributed by atoms with Gasteiger partial charge in [0.1, 0.15) is 5.82 Å². The van der Waals surface area contributed by atoms with E-state index in [0.29, 0.717) is 12.8 Å². The molecule has 1 aromatic carbocycles. The van der Waals surface area contributed by atoms with Crippen LogP contribution in [-0.4, -0.2) is 45.4 Å². The highest BCUT2D eigenvalue weighted by molar-refractivity contribution is 7.90. The van der Waals surface area contributed by atoms with Crippen LogP contribution in [-0.2, 0) is 24.8 Å². The first-order valence-corrected chi connectivity index (χ1v) is 10.3. The average molecular weight is 379 g/mol. The topological polar surface area (TPSA) is 127 Å². The number of rotatable bonds is 5. The number of benzene rings is 1. The number of hydrogen-bond acceptors (Lipinski definition) is 5. The summed E-state index contributed by atoms with van der Waals surface area (Å²) in [5.41, 5.74) is -0.259. The van der Waals surface area contributed by atoms with E-state index in [1.165, 1.54) is 6.92 Å². The molecule has 2 rings (SSSR count). The number of carbonyl (C=O) groups excluding carboxylic acids is 1.